The highest BCUT2D eigenvalue weighted by molar-refractivity contribution is 7.89. The van der Waals surface area contributed by atoms with Crippen molar-refractivity contribution in [3.8, 4) is 5.75 Å². The minimum Gasteiger partial charge on any atom is -0.507 e. The van der Waals surface area contributed by atoms with Crippen LogP contribution in [0.1, 0.15) is 40.2 Å². The molecule has 0 spiro atoms. The number of carboxylic acid groups (broad SMARTS) is 1. The minimum atomic E-state index is -5.44. The maximum Gasteiger partial charge on any atom is 0.339 e. The number of aromatic carboxylic acids is 1. The van der Waals surface area contributed by atoms with Crippen LogP contribution in [0.15, 0.2) is 47.4 Å². The van der Waals surface area contributed by atoms with E-state index in [1.807, 2.05) is 12.1 Å². The lowest BCUT2D eigenvalue weighted by Crippen LogP contribution is -2.41. The van der Waals surface area contributed by atoms with Crippen molar-refractivity contribution in [1.82, 2.24) is 4.31 Å². The predicted octanol–water partition coefficient (Wildman–Crippen LogP) is 4.53. The second-order valence-corrected chi connectivity index (χ2v) is 11.8. The van der Waals surface area contributed by atoms with Crippen LogP contribution in [0.5, 0.6) is 5.75 Å². The highest BCUT2D eigenvalue weighted by Gasteiger charge is 2.37. The van der Waals surface area contributed by atoms with Crippen LogP contribution in [0.25, 0.3) is 0 Å². The topological polar surface area (TPSA) is 124 Å². The van der Waals surface area contributed by atoms with Crippen molar-refractivity contribution < 1.29 is 54.9 Å². The zero-order valence-electron chi connectivity index (χ0n) is 22.5. The van der Waals surface area contributed by atoms with Crippen molar-refractivity contribution in [2.24, 2.45) is 0 Å². The molecule has 3 aromatic rings. The van der Waals surface area contributed by atoms with Crippen LogP contribution in [0.2, 0.25) is 0 Å². The third kappa shape index (κ3) is 6.48. The third-order valence-corrected chi connectivity index (χ3v) is 8.86. The molecule has 0 unspecified atom stereocenters. The molecule has 1 heterocycles. The highest BCUT2D eigenvalue weighted by atomic mass is 32.2. The molecule has 0 bridgehead atoms. The molecule has 1 aliphatic heterocycles. The maximum atomic E-state index is 14.3. The number of nitrogens with zero attached hydrogens (tertiary/aromatic N) is 2. The molecular weight excluding hydrogens is 603 g/mol. The van der Waals surface area contributed by atoms with E-state index in [2.05, 4.69) is 0 Å². The zero-order chi connectivity index (χ0) is 31.6. The summed E-state index contributed by atoms with van der Waals surface area (Å²) >= 11 is 0. The first-order valence-corrected chi connectivity index (χ1v) is 14.2. The van der Waals surface area contributed by atoms with E-state index in [9.17, 15) is 50.2 Å². The van der Waals surface area contributed by atoms with Gasteiger partial charge in [0.05, 0.1) is 13.1 Å². The fourth-order valence-electron chi connectivity index (χ4n) is 4.63. The van der Waals surface area contributed by atoms with Crippen molar-refractivity contribution in [3.05, 3.63) is 88.2 Å². The first-order chi connectivity index (χ1) is 20.2. The van der Waals surface area contributed by atoms with Crippen LogP contribution >= 0.6 is 0 Å². The van der Waals surface area contributed by atoms with E-state index in [0.717, 1.165) is 35.4 Å². The first kappa shape index (κ1) is 31.8. The molecule has 0 atom stereocenters. The van der Waals surface area contributed by atoms with Crippen molar-refractivity contribution >= 4 is 27.6 Å². The normalized spacial score (nSPS) is 14.2. The number of hydrogen-bond donors (Lipinski definition) is 2. The van der Waals surface area contributed by atoms with Crippen LogP contribution in [0.3, 0.4) is 0 Å². The maximum absolute atomic E-state index is 14.3. The zero-order valence-corrected chi connectivity index (χ0v) is 23.3. The molecule has 9 nitrogen and oxygen atoms in total. The molecule has 0 aliphatic carbocycles. The Balaban J connectivity index is 1.66. The Kier molecular flexibility index (Phi) is 9.37. The Morgan fingerprint density at radius 2 is 1.47 bits per heavy atom. The van der Waals surface area contributed by atoms with Gasteiger partial charge < -0.3 is 19.8 Å². The number of likely N-dealkylation sites (N-methyl/N-ethyl adjacent to an activating group) is 1. The number of carbonyl (C=O) groups excluding carboxylic acids is 1. The standard InChI is InChI=1S/C28H25F5N2O7S/c1-34(43(40,41)27-25(32)23(30)22(29)24(31)26(27)33)14-21(37)35(18-6-7-19(28(38)39)20(36)12-18)13-15-2-4-16(5-3-15)17-8-10-42-11-9-17/h2-7,12,17,36H,8-11,13-14H2,1H3,(H,38,39). The Morgan fingerprint density at radius 3 is 2.00 bits per heavy atom. The number of ether oxygens (including phenoxy) is 1. The monoisotopic (exact) mass is 628 g/mol. The summed E-state index contributed by atoms with van der Waals surface area (Å²) in [5.41, 5.74) is 1.02. The van der Waals surface area contributed by atoms with Gasteiger partial charge in [0, 0.05) is 32.0 Å². The number of sulfonamides is 1. The molecule has 1 fully saturated rings. The predicted molar refractivity (Wildman–Crippen MR) is 142 cm³/mol. The average molecular weight is 629 g/mol. The van der Waals surface area contributed by atoms with Gasteiger partial charge in [-0.25, -0.2) is 35.2 Å². The van der Waals surface area contributed by atoms with E-state index in [4.69, 9.17) is 4.74 Å². The average Bonchev–Trinajstić information content (AvgIpc) is 2.98. The number of phenols is 1. The van der Waals surface area contributed by atoms with Gasteiger partial charge in [-0.3, -0.25) is 4.79 Å². The number of anilines is 1. The van der Waals surface area contributed by atoms with Gasteiger partial charge in [-0.05, 0) is 42.0 Å². The number of aromatic hydroxyl groups is 1. The number of hydrogen-bond acceptors (Lipinski definition) is 6. The van der Waals surface area contributed by atoms with Gasteiger partial charge in [0.2, 0.25) is 21.7 Å². The first-order valence-electron chi connectivity index (χ1n) is 12.7. The number of carbonyl (C=O) groups is 2. The van der Waals surface area contributed by atoms with Crippen LogP contribution < -0.4 is 4.90 Å². The largest absolute Gasteiger partial charge is 0.507 e. The lowest BCUT2D eigenvalue weighted by Gasteiger charge is -2.27. The molecule has 0 radical (unpaired) electrons. The van der Waals surface area contributed by atoms with Crippen LogP contribution in [0.4, 0.5) is 27.6 Å². The molecule has 4 rings (SSSR count). The van der Waals surface area contributed by atoms with E-state index in [1.165, 1.54) is 6.07 Å². The number of benzene rings is 3. The fourth-order valence-corrected chi connectivity index (χ4v) is 5.85. The SMILES string of the molecule is CN(CC(=O)N(Cc1ccc(C2CCOCC2)cc1)c1ccc(C(=O)O)c(O)c1)S(=O)(=O)c1c(F)c(F)c(F)c(F)c1F. The molecule has 0 saturated carbocycles. The minimum absolute atomic E-state index is 0.0666. The molecule has 1 amide bonds. The second-order valence-electron chi connectivity index (χ2n) is 9.77. The van der Waals surface area contributed by atoms with Crippen molar-refractivity contribution in [1.29, 1.82) is 0 Å². The Morgan fingerprint density at radius 1 is 0.907 bits per heavy atom. The fraction of sp³-hybridized carbons (Fsp3) is 0.286. The number of carboxylic acids is 1. The molecule has 230 valence electrons. The van der Waals surface area contributed by atoms with Crippen LogP contribution in [-0.2, 0) is 26.1 Å². The van der Waals surface area contributed by atoms with E-state index in [0.29, 0.717) is 25.8 Å². The van der Waals surface area contributed by atoms with E-state index in [1.54, 1.807) is 12.1 Å². The molecule has 43 heavy (non-hydrogen) atoms. The lowest BCUT2D eigenvalue weighted by molar-refractivity contribution is -0.118. The molecule has 3 aromatic carbocycles. The summed E-state index contributed by atoms with van der Waals surface area (Å²) in [5, 5.41) is 19.4. The number of amides is 1. The highest BCUT2D eigenvalue weighted by Crippen LogP contribution is 2.31. The molecule has 0 aromatic heterocycles. The molecular formula is C28H25F5N2O7S. The quantitative estimate of drug-likeness (QED) is 0.203. The number of rotatable bonds is 9. The van der Waals surface area contributed by atoms with Crippen molar-refractivity contribution in [2.75, 3.05) is 31.7 Å². The molecule has 2 N–H and O–H groups in total. The number of halogens is 5. The second kappa shape index (κ2) is 12.7. The molecule has 1 saturated heterocycles. The summed E-state index contributed by atoms with van der Waals surface area (Å²) in [6.45, 7) is -0.128. The Labute approximate surface area is 242 Å². The van der Waals surface area contributed by atoms with Gasteiger partial charge in [-0.1, -0.05) is 24.3 Å². The van der Waals surface area contributed by atoms with Crippen molar-refractivity contribution in [3.63, 3.8) is 0 Å². The summed E-state index contributed by atoms with van der Waals surface area (Å²) in [6.07, 6.45) is 1.64. The van der Waals surface area contributed by atoms with Gasteiger partial charge in [-0.15, -0.1) is 0 Å². The smallest absolute Gasteiger partial charge is 0.339 e. The van der Waals surface area contributed by atoms with Gasteiger partial charge >= 0.3 is 5.97 Å². The Hall–Kier alpha value is -4.08. The third-order valence-electron chi connectivity index (χ3n) is 7.03. The molecule has 1 aliphatic rings. The van der Waals surface area contributed by atoms with Crippen LogP contribution in [0, 0.1) is 29.1 Å². The molecule has 15 heteroatoms. The summed E-state index contributed by atoms with van der Waals surface area (Å²) < 4.78 is 101. The Bertz CT molecular complexity index is 1630. The van der Waals surface area contributed by atoms with E-state index < -0.39 is 73.7 Å². The van der Waals surface area contributed by atoms with Gasteiger partial charge in [-0.2, -0.15) is 4.31 Å². The summed E-state index contributed by atoms with van der Waals surface area (Å²) in [4.78, 5) is 23.6. The van der Waals surface area contributed by atoms with Gasteiger partial charge in [0.1, 0.15) is 11.3 Å². The summed E-state index contributed by atoms with van der Waals surface area (Å²) in [7, 11) is -4.73. The lowest BCUT2D eigenvalue weighted by atomic mass is 9.91. The summed E-state index contributed by atoms with van der Waals surface area (Å²) in [6, 6.07) is 10.3. The summed E-state index contributed by atoms with van der Waals surface area (Å²) in [5.74, 6) is -15.6. The van der Waals surface area contributed by atoms with E-state index >= 15 is 0 Å². The van der Waals surface area contributed by atoms with Crippen LogP contribution in [-0.4, -0.2) is 61.6 Å². The van der Waals surface area contributed by atoms with E-state index in [-0.39, 0.29) is 22.5 Å². The van der Waals surface area contributed by atoms with Gasteiger partial charge in [0.25, 0.3) is 0 Å². The van der Waals surface area contributed by atoms with Crippen molar-refractivity contribution in [2.45, 2.75) is 30.2 Å². The van der Waals surface area contributed by atoms with Gasteiger partial charge in [0.15, 0.2) is 28.2 Å².